The third kappa shape index (κ3) is 5.95. The van der Waals surface area contributed by atoms with E-state index in [9.17, 15) is 26.3 Å². The van der Waals surface area contributed by atoms with Gasteiger partial charge in [-0.15, -0.1) is 11.3 Å². The largest absolute Gasteiger partial charge is 0.416 e. The Labute approximate surface area is 281 Å². The molecule has 0 radical (unpaired) electrons. The van der Waals surface area contributed by atoms with Gasteiger partial charge >= 0.3 is 12.4 Å². The monoisotopic (exact) mass is 674 g/mol. The summed E-state index contributed by atoms with van der Waals surface area (Å²) in [5.74, 6) is 0. The average molecular weight is 675 g/mol. The molecule has 7 heteroatoms. The summed E-state index contributed by atoms with van der Waals surface area (Å²) in [6.07, 6.45) is -9.81. The van der Waals surface area contributed by atoms with Crippen molar-refractivity contribution >= 4 is 42.3 Å². The van der Waals surface area contributed by atoms with Crippen molar-refractivity contribution in [3.05, 3.63) is 157 Å². The molecule has 0 aliphatic rings. The summed E-state index contributed by atoms with van der Waals surface area (Å²) in [4.78, 5) is 0. The highest BCUT2D eigenvalue weighted by Crippen LogP contribution is 2.40. The standard InChI is InChI=1S/C42H24F6S/c43-41(44,45)35-21-34(22-36(24-35)42(46,47)48)28-11-9-26(10-12-28)30-14-16-31-19-29(13-15-32(31)20-30)25-5-7-27(8-6-25)33-17-18-40-38(23-33)37-3-1-2-4-39(37)49-40/h1-24H. The second kappa shape index (κ2) is 11.6. The fraction of sp³-hybridized carbons (Fsp3) is 0.0476. The van der Waals surface area contributed by atoms with E-state index in [4.69, 9.17) is 0 Å². The van der Waals surface area contributed by atoms with Crippen LogP contribution in [0.15, 0.2) is 146 Å². The van der Waals surface area contributed by atoms with Crippen LogP contribution in [-0.2, 0) is 12.4 Å². The first-order valence-corrected chi connectivity index (χ1v) is 16.3. The molecule has 0 spiro atoms. The summed E-state index contributed by atoms with van der Waals surface area (Å²) < 4.78 is 82.8. The maximum absolute atomic E-state index is 13.4. The molecule has 0 amide bonds. The van der Waals surface area contributed by atoms with Crippen LogP contribution in [0.1, 0.15) is 11.1 Å². The quantitative estimate of drug-likeness (QED) is 0.163. The number of hydrogen-bond donors (Lipinski definition) is 0. The molecule has 8 aromatic rings. The third-order valence-corrected chi connectivity index (χ3v) is 10.1. The highest BCUT2D eigenvalue weighted by Gasteiger charge is 2.37. The zero-order chi connectivity index (χ0) is 33.9. The summed E-state index contributed by atoms with van der Waals surface area (Å²) in [5, 5.41) is 4.59. The number of rotatable bonds is 4. The maximum atomic E-state index is 13.4. The van der Waals surface area contributed by atoms with Gasteiger partial charge in [-0.3, -0.25) is 0 Å². The summed E-state index contributed by atoms with van der Waals surface area (Å²) in [5.41, 5.74) is 3.60. The van der Waals surface area contributed by atoms with Crippen LogP contribution in [0.2, 0.25) is 0 Å². The van der Waals surface area contributed by atoms with E-state index < -0.39 is 23.5 Å². The SMILES string of the molecule is FC(F)(F)c1cc(-c2ccc(-c3ccc4cc(-c5ccc(-c6ccc7sc8ccccc8c7c6)cc5)ccc4c3)cc2)cc(C(F)(F)F)c1. The molecule has 0 atom stereocenters. The molecular formula is C42H24F6S. The molecule has 0 nitrogen and oxygen atoms in total. The van der Waals surface area contributed by atoms with Crippen molar-refractivity contribution in [2.45, 2.75) is 12.4 Å². The lowest BCUT2D eigenvalue weighted by Gasteiger charge is -2.14. The summed E-state index contributed by atoms with van der Waals surface area (Å²) >= 11 is 1.80. The lowest BCUT2D eigenvalue weighted by atomic mass is 9.95. The minimum atomic E-state index is -4.90. The van der Waals surface area contributed by atoms with Gasteiger partial charge in [-0.1, -0.05) is 97.1 Å². The van der Waals surface area contributed by atoms with Crippen molar-refractivity contribution in [1.82, 2.24) is 0 Å². The van der Waals surface area contributed by atoms with Gasteiger partial charge in [0.2, 0.25) is 0 Å². The molecule has 0 aliphatic heterocycles. The van der Waals surface area contributed by atoms with Gasteiger partial charge in [0, 0.05) is 20.2 Å². The number of thiophene rings is 1. The van der Waals surface area contributed by atoms with Gasteiger partial charge in [0.05, 0.1) is 11.1 Å². The fourth-order valence-corrected chi connectivity index (χ4v) is 7.43. The van der Waals surface area contributed by atoms with Crippen LogP contribution < -0.4 is 0 Å². The Morgan fingerprint density at radius 2 is 0.735 bits per heavy atom. The predicted octanol–water partition coefficient (Wildman–Crippen LogP) is 13.9. The van der Waals surface area contributed by atoms with Gasteiger partial charge in [-0.2, -0.15) is 26.3 Å². The van der Waals surface area contributed by atoms with Crippen LogP contribution in [-0.4, -0.2) is 0 Å². The van der Waals surface area contributed by atoms with Crippen LogP contribution >= 0.6 is 11.3 Å². The molecule has 0 aliphatic carbocycles. The van der Waals surface area contributed by atoms with Crippen LogP contribution in [0.25, 0.3) is 75.5 Å². The third-order valence-electron chi connectivity index (χ3n) is 8.91. The number of halogens is 6. The fourth-order valence-electron chi connectivity index (χ4n) is 6.34. The average Bonchev–Trinajstić information content (AvgIpc) is 3.48. The van der Waals surface area contributed by atoms with Gasteiger partial charge in [0.25, 0.3) is 0 Å². The zero-order valence-electron chi connectivity index (χ0n) is 25.5. The molecule has 0 fully saturated rings. The van der Waals surface area contributed by atoms with Crippen molar-refractivity contribution < 1.29 is 26.3 Å². The Bertz CT molecular complexity index is 2470. The second-order valence-electron chi connectivity index (χ2n) is 12.0. The highest BCUT2D eigenvalue weighted by molar-refractivity contribution is 7.25. The van der Waals surface area contributed by atoms with Gasteiger partial charge in [0.15, 0.2) is 0 Å². The zero-order valence-corrected chi connectivity index (χ0v) is 26.3. The Morgan fingerprint density at radius 3 is 1.24 bits per heavy atom. The summed E-state index contributed by atoms with van der Waals surface area (Å²) in [6, 6.07) is 44.0. The number of alkyl halides is 6. The smallest absolute Gasteiger partial charge is 0.166 e. The summed E-state index contributed by atoms with van der Waals surface area (Å²) in [6.45, 7) is 0. The van der Waals surface area contributed by atoms with Crippen molar-refractivity contribution in [2.24, 2.45) is 0 Å². The van der Waals surface area contributed by atoms with Crippen molar-refractivity contribution in [3.8, 4) is 44.5 Å². The molecule has 0 saturated carbocycles. The molecule has 0 unspecified atom stereocenters. The normalized spacial score (nSPS) is 12.3. The van der Waals surface area contributed by atoms with Crippen LogP contribution in [0.4, 0.5) is 26.3 Å². The number of fused-ring (bicyclic) bond motifs is 4. The highest BCUT2D eigenvalue weighted by atomic mass is 32.1. The first-order chi connectivity index (χ1) is 23.5. The van der Waals surface area contributed by atoms with Gasteiger partial charge in [-0.25, -0.2) is 0 Å². The minimum Gasteiger partial charge on any atom is -0.166 e. The van der Waals surface area contributed by atoms with Crippen molar-refractivity contribution in [2.75, 3.05) is 0 Å². The van der Waals surface area contributed by atoms with E-state index in [1.165, 1.54) is 25.7 Å². The first-order valence-electron chi connectivity index (χ1n) is 15.5. The molecule has 0 bridgehead atoms. The first kappa shape index (κ1) is 30.9. The van der Waals surface area contributed by atoms with E-state index in [0.717, 1.165) is 50.7 Å². The van der Waals surface area contributed by atoms with E-state index >= 15 is 0 Å². The molecule has 7 aromatic carbocycles. The van der Waals surface area contributed by atoms with Crippen LogP contribution in [0.3, 0.4) is 0 Å². The van der Waals surface area contributed by atoms with Gasteiger partial charge < -0.3 is 0 Å². The van der Waals surface area contributed by atoms with Crippen molar-refractivity contribution in [1.29, 1.82) is 0 Å². The molecule has 1 aromatic heterocycles. The molecule has 240 valence electrons. The summed E-state index contributed by atoms with van der Waals surface area (Å²) in [7, 11) is 0. The molecule has 1 heterocycles. The lowest BCUT2D eigenvalue weighted by Crippen LogP contribution is -2.11. The predicted molar refractivity (Wildman–Crippen MR) is 189 cm³/mol. The van der Waals surface area contributed by atoms with Gasteiger partial charge in [-0.05, 0) is 104 Å². The molecule has 0 saturated heterocycles. The van der Waals surface area contributed by atoms with E-state index in [-0.39, 0.29) is 17.2 Å². The van der Waals surface area contributed by atoms with E-state index in [1.807, 2.05) is 24.3 Å². The van der Waals surface area contributed by atoms with Gasteiger partial charge in [0.1, 0.15) is 0 Å². The number of hydrogen-bond acceptors (Lipinski definition) is 1. The van der Waals surface area contributed by atoms with E-state index in [1.54, 1.807) is 35.6 Å². The second-order valence-corrected chi connectivity index (χ2v) is 13.1. The molecule has 49 heavy (non-hydrogen) atoms. The number of benzene rings is 7. The van der Waals surface area contributed by atoms with Crippen LogP contribution in [0, 0.1) is 0 Å². The van der Waals surface area contributed by atoms with E-state index in [2.05, 4.69) is 78.9 Å². The Hall–Kier alpha value is -5.40. The minimum absolute atomic E-state index is 0.140. The maximum Gasteiger partial charge on any atom is 0.416 e. The topological polar surface area (TPSA) is 0 Å². The van der Waals surface area contributed by atoms with Crippen molar-refractivity contribution in [3.63, 3.8) is 0 Å². The Kier molecular flexibility index (Phi) is 7.34. The lowest BCUT2D eigenvalue weighted by molar-refractivity contribution is -0.143. The van der Waals surface area contributed by atoms with Crippen LogP contribution in [0.5, 0.6) is 0 Å². The Morgan fingerprint density at radius 1 is 0.327 bits per heavy atom. The molecule has 8 rings (SSSR count). The molecule has 0 N–H and O–H groups in total. The van der Waals surface area contributed by atoms with E-state index in [0.29, 0.717) is 0 Å². The molecular weight excluding hydrogens is 651 g/mol. The Balaban J connectivity index is 1.04.